The van der Waals surface area contributed by atoms with Crippen LogP contribution in [-0.4, -0.2) is 42.6 Å². The predicted octanol–water partition coefficient (Wildman–Crippen LogP) is 1.48. The smallest absolute Gasteiger partial charge is 0.129 e. The van der Waals surface area contributed by atoms with E-state index in [1.54, 1.807) is 12.3 Å². The third-order valence-corrected chi connectivity index (χ3v) is 3.45. The Kier molecular flexibility index (Phi) is 3.60. The summed E-state index contributed by atoms with van der Waals surface area (Å²) in [5, 5.41) is 8.90. The van der Waals surface area contributed by atoms with Gasteiger partial charge in [0.2, 0.25) is 0 Å². The Hall–Kier alpha value is -1.60. The van der Waals surface area contributed by atoms with Gasteiger partial charge in [-0.3, -0.25) is 4.90 Å². The highest BCUT2D eigenvalue weighted by molar-refractivity contribution is 5.45. The van der Waals surface area contributed by atoms with Crippen LogP contribution in [-0.2, 0) is 0 Å². The fraction of sp³-hybridized carbons (Fsp3) is 0.538. The number of hydrogen-bond donors (Lipinski definition) is 0. The monoisotopic (exact) mass is 230 g/mol. The predicted molar refractivity (Wildman–Crippen MR) is 67.9 cm³/mol. The fourth-order valence-electron chi connectivity index (χ4n) is 2.26. The van der Waals surface area contributed by atoms with Crippen molar-refractivity contribution in [3.8, 4) is 6.07 Å². The molecule has 0 N–H and O–H groups in total. The van der Waals surface area contributed by atoms with Gasteiger partial charge < -0.3 is 4.90 Å². The van der Waals surface area contributed by atoms with E-state index in [0.29, 0.717) is 11.6 Å². The topological polar surface area (TPSA) is 43.2 Å². The molecule has 17 heavy (non-hydrogen) atoms. The molecule has 1 aromatic heterocycles. The van der Waals surface area contributed by atoms with Crippen molar-refractivity contribution in [3.05, 3.63) is 23.9 Å². The first-order valence-corrected chi connectivity index (χ1v) is 6.06. The highest BCUT2D eigenvalue weighted by Gasteiger charge is 2.23. The van der Waals surface area contributed by atoms with E-state index < -0.39 is 0 Å². The third-order valence-electron chi connectivity index (χ3n) is 3.45. The Morgan fingerprint density at radius 1 is 1.53 bits per heavy atom. The second-order valence-electron chi connectivity index (χ2n) is 4.50. The summed E-state index contributed by atoms with van der Waals surface area (Å²) >= 11 is 0. The van der Waals surface area contributed by atoms with Gasteiger partial charge >= 0.3 is 0 Å². The Morgan fingerprint density at radius 3 is 3.06 bits per heavy atom. The van der Waals surface area contributed by atoms with Crippen LogP contribution in [0.2, 0.25) is 0 Å². The molecule has 1 unspecified atom stereocenters. The zero-order chi connectivity index (χ0) is 12.3. The van der Waals surface area contributed by atoms with Gasteiger partial charge in [0.15, 0.2) is 0 Å². The maximum Gasteiger partial charge on any atom is 0.129 e. The zero-order valence-electron chi connectivity index (χ0n) is 10.4. The van der Waals surface area contributed by atoms with E-state index in [0.717, 1.165) is 31.9 Å². The van der Waals surface area contributed by atoms with Gasteiger partial charge in [-0.25, -0.2) is 4.98 Å². The minimum atomic E-state index is 0.580. The van der Waals surface area contributed by atoms with E-state index >= 15 is 0 Å². The van der Waals surface area contributed by atoms with E-state index in [-0.39, 0.29) is 0 Å². The molecule has 0 aromatic carbocycles. The van der Waals surface area contributed by atoms with Crippen molar-refractivity contribution >= 4 is 5.82 Å². The molecule has 1 saturated heterocycles. The molecule has 4 heteroatoms. The van der Waals surface area contributed by atoms with E-state index in [1.165, 1.54) is 0 Å². The van der Waals surface area contributed by atoms with E-state index in [9.17, 15) is 0 Å². The molecule has 1 aliphatic heterocycles. The van der Waals surface area contributed by atoms with Crippen LogP contribution in [0.1, 0.15) is 18.9 Å². The van der Waals surface area contributed by atoms with Crippen molar-refractivity contribution in [1.29, 1.82) is 5.26 Å². The number of aromatic nitrogens is 1. The van der Waals surface area contributed by atoms with Crippen LogP contribution >= 0.6 is 0 Å². The van der Waals surface area contributed by atoms with Crippen LogP contribution in [0, 0.1) is 11.3 Å². The van der Waals surface area contributed by atoms with E-state index in [4.69, 9.17) is 5.26 Å². The summed E-state index contributed by atoms with van der Waals surface area (Å²) in [6.45, 7) is 5.24. The van der Waals surface area contributed by atoms with Gasteiger partial charge in [-0.1, -0.05) is 6.92 Å². The highest BCUT2D eigenvalue weighted by Crippen LogP contribution is 2.18. The van der Waals surface area contributed by atoms with Gasteiger partial charge in [0.05, 0.1) is 11.6 Å². The largest absolute Gasteiger partial charge is 0.354 e. The van der Waals surface area contributed by atoms with Gasteiger partial charge in [-0.15, -0.1) is 0 Å². The number of piperazine rings is 1. The molecular weight excluding hydrogens is 212 g/mol. The van der Waals surface area contributed by atoms with Crippen LogP contribution in [0.15, 0.2) is 18.3 Å². The van der Waals surface area contributed by atoms with Crippen LogP contribution in [0.25, 0.3) is 0 Å². The molecule has 0 amide bonds. The quantitative estimate of drug-likeness (QED) is 0.772. The molecule has 0 bridgehead atoms. The first kappa shape index (κ1) is 11.9. The number of nitrogens with zero attached hydrogens (tertiary/aromatic N) is 4. The molecule has 1 aromatic rings. The summed E-state index contributed by atoms with van der Waals surface area (Å²) in [4.78, 5) is 9.03. The van der Waals surface area contributed by atoms with Crippen molar-refractivity contribution in [3.63, 3.8) is 0 Å². The molecule has 0 aliphatic carbocycles. The molecular formula is C13H18N4. The average molecular weight is 230 g/mol. The standard InChI is InChI=1S/C13H18N4/c1-3-12-10-17(7-6-16(12)2)13-8-11(9-14)4-5-15-13/h4-5,8,12H,3,6-7,10H2,1-2H3. The minimum Gasteiger partial charge on any atom is -0.354 e. The molecule has 4 nitrogen and oxygen atoms in total. The maximum absolute atomic E-state index is 8.90. The molecule has 0 spiro atoms. The number of pyridine rings is 1. The third kappa shape index (κ3) is 2.56. The number of hydrogen-bond acceptors (Lipinski definition) is 4. The molecule has 1 atom stereocenters. The SMILES string of the molecule is CCC1CN(c2cc(C#N)ccn2)CCN1C. The number of rotatable bonds is 2. The lowest BCUT2D eigenvalue weighted by Crippen LogP contribution is -2.51. The molecule has 0 radical (unpaired) electrons. The second-order valence-corrected chi connectivity index (χ2v) is 4.50. The summed E-state index contributed by atoms with van der Waals surface area (Å²) in [5.41, 5.74) is 0.682. The molecule has 2 rings (SSSR count). The first-order chi connectivity index (χ1) is 8.24. The lowest BCUT2D eigenvalue weighted by molar-refractivity contribution is 0.213. The average Bonchev–Trinajstić information content (AvgIpc) is 2.39. The Bertz CT molecular complexity index is 424. The maximum atomic E-state index is 8.90. The van der Waals surface area contributed by atoms with E-state index in [2.05, 4.69) is 34.8 Å². The van der Waals surface area contributed by atoms with Gasteiger partial charge in [-0.05, 0) is 25.6 Å². The molecule has 2 heterocycles. The molecule has 1 aliphatic rings. The Labute approximate surface area is 102 Å². The second kappa shape index (κ2) is 5.15. The molecule has 0 saturated carbocycles. The molecule has 1 fully saturated rings. The van der Waals surface area contributed by atoms with Crippen LogP contribution in [0.4, 0.5) is 5.82 Å². The Morgan fingerprint density at radius 2 is 2.35 bits per heavy atom. The van der Waals surface area contributed by atoms with E-state index in [1.807, 2.05) is 6.07 Å². The van der Waals surface area contributed by atoms with Crippen molar-refractivity contribution in [1.82, 2.24) is 9.88 Å². The highest BCUT2D eigenvalue weighted by atomic mass is 15.3. The van der Waals surface area contributed by atoms with Gasteiger partial charge in [0.1, 0.15) is 5.82 Å². The van der Waals surface area contributed by atoms with Crippen LogP contribution in [0.3, 0.4) is 0 Å². The number of likely N-dealkylation sites (N-methyl/N-ethyl adjacent to an activating group) is 1. The normalized spacial score (nSPS) is 21.2. The summed E-state index contributed by atoms with van der Waals surface area (Å²) in [7, 11) is 2.17. The summed E-state index contributed by atoms with van der Waals surface area (Å²) in [6.07, 6.45) is 2.86. The van der Waals surface area contributed by atoms with Crippen molar-refractivity contribution in [2.24, 2.45) is 0 Å². The van der Waals surface area contributed by atoms with Crippen molar-refractivity contribution in [2.45, 2.75) is 19.4 Å². The number of nitriles is 1. The van der Waals surface area contributed by atoms with Crippen LogP contribution in [0.5, 0.6) is 0 Å². The van der Waals surface area contributed by atoms with Crippen molar-refractivity contribution in [2.75, 3.05) is 31.6 Å². The van der Waals surface area contributed by atoms with Gasteiger partial charge in [0.25, 0.3) is 0 Å². The summed E-state index contributed by atoms with van der Waals surface area (Å²) < 4.78 is 0. The fourth-order valence-corrected chi connectivity index (χ4v) is 2.26. The van der Waals surface area contributed by atoms with Crippen LogP contribution < -0.4 is 4.90 Å². The number of anilines is 1. The summed E-state index contributed by atoms with van der Waals surface area (Å²) in [6, 6.07) is 6.36. The molecule has 90 valence electrons. The Balaban J connectivity index is 2.15. The lowest BCUT2D eigenvalue weighted by atomic mass is 10.1. The minimum absolute atomic E-state index is 0.580. The van der Waals surface area contributed by atoms with Gasteiger partial charge in [0, 0.05) is 31.9 Å². The lowest BCUT2D eigenvalue weighted by Gasteiger charge is -2.39. The summed E-state index contributed by atoms with van der Waals surface area (Å²) in [5.74, 6) is 0.926. The first-order valence-electron chi connectivity index (χ1n) is 6.06. The zero-order valence-corrected chi connectivity index (χ0v) is 10.4. The van der Waals surface area contributed by atoms with Crippen molar-refractivity contribution < 1.29 is 0 Å². The van der Waals surface area contributed by atoms with Gasteiger partial charge in [-0.2, -0.15) is 5.26 Å².